The average molecular weight is 345 g/mol. The lowest BCUT2D eigenvalue weighted by Gasteiger charge is -2.06. The van der Waals surface area contributed by atoms with Crippen LogP contribution in [0.15, 0.2) is 42.5 Å². The lowest BCUT2D eigenvalue weighted by atomic mass is 10.1. The van der Waals surface area contributed by atoms with E-state index in [9.17, 15) is 9.18 Å². The first-order chi connectivity index (χ1) is 11.4. The molecule has 2 aromatic carbocycles. The number of nitrogens with zero attached hydrogens (tertiary/aromatic N) is 2. The molecule has 3 aromatic rings. The van der Waals surface area contributed by atoms with E-state index < -0.39 is 11.8 Å². The number of hydrogen-bond donors (Lipinski definition) is 1. The van der Waals surface area contributed by atoms with E-state index in [-0.39, 0.29) is 0 Å². The smallest absolute Gasteiger partial charge is 0.328 e. The van der Waals surface area contributed by atoms with Crippen molar-refractivity contribution in [2.75, 3.05) is 0 Å². The fourth-order valence-electron chi connectivity index (χ4n) is 2.51. The summed E-state index contributed by atoms with van der Waals surface area (Å²) in [6, 6.07) is 10.0. The molecule has 0 fully saturated rings. The van der Waals surface area contributed by atoms with Gasteiger partial charge in [0, 0.05) is 16.5 Å². The number of carbonyl (C=O) groups is 1. The summed E-state index contributed by atoms with van der Waals surface area (Å²) in [4.78, 5) is 10.8. The molecule has 4 nitrogen and oxygen atoms in total. The summed E-state index contributed by atoms with van der Waals surface area (Å²) >= 11 is 6.10. The van der Waals surface area contributed by atoms with E-state index in [2.05, 4.69) is 5.10 Å². The number of fused-ring (bicyclic) bond motifs is 1. The molecule has 0 aliphatic carbocycles. The third kappa shape index (κ3) is 3.31. The first-order valence-electron chi connectivity index (χ1n) is 7.26. The third-order valence-electron chi connectivity index (χ3n) is 3.65. The van der Waals surface area contributed by atoms with E-state index in [1.807, 2.05) is 25.1 Å². The van der Waals surface area contributed by atoms with Crippen molar-refractivity contribution in [3.05, 3.63) is 70.1 Å². The zero-order valence-electron chi connectivity index (χ0n) is 12.8. The highest BCUT2D eigenvalue weighted by Crippen LogP contribution is 2.24. The second-order valence-corrected chi connectivity index (χ2v) is 5.88. The fraction of sp³-hybridized carbons (Fsp3) is 0.111. The Morgan fingerprint density at radius 3 is 2.83 bits per heavy atom. The van der Waals surface area contributed by atoms with Gasteiger partial charge in [0.1, 0.15) is 5.82 Å². The predicted molar refractivity (Wildman–Crippen MR) is 91.7 cm³/mol. The van der Waals surface area contributed by atoms with Crippen LogP contribution in [0.5, 0.6) is 0 Å². The molecule has 1 heterocycles. The monoisotopic (exact) mass is 344 g/mol. The predicted octanol–water partition coefficient (Wildman–Crippen LogP) is 4.28. The Hall–Kier alpha value is -2.66. The van der Waals surface area contributed by atoms with Crippen LogP contribution in [-0.2, 0) is 11.3 Å². The molecule has 0 saturated heterocycles. The van der Waals surface area contributed by atoms with E-state index in [0.717, 1.165) is 28.1 Å². The van der Waals surface area contributed by atoms with Gasteiger partial charge in [0.15, 0.2) is 0 Å². The van der Waals surface area contributed by atoms with E-state index >= 15 is 0 Å². The minimum Gasteiger partial charge on any atom is -0.478 e. The highest BCUT2D eigenvalue weighted by atomic mass is 35.5. The Morgan fingerprint density at radius 1 is 1.33 bits per heavy atom. The van der Waals surface area contributed by atoms with Crippen LogP contribution in [0.3, 0.4) is 0 Å². The Balaban J connectivity index is 2.09. The van der Waals surface area contributed by atoms with Crippen LogP contribution in [0.1, 0.15) is 16.8 Å². The minimum absolute atomic E-state index is 0.328. The lowest BCUT2D eigenvalue weighted by molar-refractivity contribution is -0.131. The fourth-order valence-corrected chi connectivity index (χ4v) is 2.74. The number of benzene rings is 2. The zero-order chi connectivity index (χ0) is 17.3. The molecule has 0 atom stereocenters. The number of hydrogen-bond acceptors (Lipinski definition) is 2. The molecule has 0 aliphatic rings. The summed E-state index contributed by atoms with van der Waals surface area (Å²) < 4.78 is 14.9. The molecule has 0 amide bonds. The van der Waals surface area contributed by atoms with Gasteiger partial charge < -0.3 is 5.11 Å². The van der Waals surface area contributed by atoms with Gasteiger partial charge >= 0.3 is 5.97 Å². The topological polar surface area (TPSA) is 55.1 Å². The summed E-state index contributed by atoms with van der Waals surface area (Å²) in [5.74, 6) is -1.43. The van der Waals surface area contributed by atoms with Gasteiger partial charge in [-0.1, -0.05) is 29.8 Å². The van der Waals surface area contributed by atoms with Crippen LogP contribution in [0.4, 0.5) is 4.39 Å². The van der Waals surface area contributed by atoms with Gasteiger partial charge in [0.05, 0.1) is 17.8 Å². The van der Waals surface area contributed by atoms with Crippen LogP contribution in [-0.4, -0.2) is 20.9 Å². The molecule has 0 spiro atoms. The summed E-state index contributed by atoms with van der Waals surface area (Å²) in [6.07, 6.45) is 2.51. The van der Waals surface area contributed by atoms with Gasteiger partial charge in [0.25, 0.3) is 0 Å². The van der Waals surface area contributed by atoms with E-state index in [1.165, 1.54) is 18.2 Å². The number of rotatable bonds is 4. The van der Waals surface area contributed by atoms with Gasteiger partial charge in [-0.05, 0) is 42.3 Å². The standard InChI is InChI=1S/C18H14ClFN2O2/c1-11-2-5-14-16(6-7-18(23)24)21-22(17(14)8-11)10-12-3-4-13(20)9-15(12)19/h2-9H,10H2,1H3,(H,23,24)/b7-6+. The quantitative estimate of drug-likeness (QED) is 0.718. The molecule has 122 valence electrons. The zero-order valence-corrected chi connectivity index (χ0v) is 13.6. The first kappa shape index (κ1) is 16.2. The summed E-state index contributed by atoms with van der Waals surface area (Å²) in [7, 11) is 0. The highest BCUT2D eigenvalue weighted by Gasteiger charge is 2.11. The maximum atomic E-state index is 13.2. The van der Waals surface area contributed by atoms with Crippen LogP contribution in [0, 0.1) is 12.7 Å². The Kier molecular flexibility index (Phi) is 4.36. The van der Waals surface area contributed by atoms with Gasteiger partial charge in [-0.2, -0.15) is 5.10 Å². The molecule has 24 heavy (non-hydrogen) atoms. The molecule has 0 saturated carbocycles. The van der Waals surface area contributed by atoms with E-state index in [1.54, 1.807) is 10.7 Å². The Bertz CT molecular complexity index is 963. The average Bonchev–Trinajstić information content (AvgIpc) is 2.85. The van der Waals surface area contributed by atoms with Gasteiger partial charge in [-0.15, -0.1) is 0 Å². The number of halogens is 2. The van der Waals surface area contributed by atoms with Crippen LogP contribution < -0.4 is 0 Å². The summed E-state index contributed by atoms with van der Waals surface area (Å²) in [5, 5.41) is 14.5. The SMILES string of the molecule is Cc1ccc2c(/C=C/C(=O)O)nn(Cc3ccc(F)cc3Cl)c2c1. The molecule has 1 N–H and O–H groups in total. The van der Waals surface area contributed by atoms with Gasteiger partial charge in [-0.3, -0.25) is 4.68 Å². The van der Waals surface area contributed by atoms with Crippen molar-refractivity contribution in [1.29, 1.82) is 0 Å². The molecule has 0 aliphatic heterocycles. The van der Waals surface area contributed by atoms with Gasteiger partial charge in [-0.25, -0.2) is 9.18 Å². The second kappa shape index (κ2) is 6.45. The highest BCUT2D eigenvalue weighted by molar-refractivity contribution is 6.31. The normalized spacial score (nSPS) is 11.5. The Morgan fingerprint density at radius 2 is 2.12 bits per heavy atom. The molecule has 6 heteroatoms. The molecule has 0 radical (unpaired) electrons. The van der Waals surface area contributed by atoms with Crippen LogP contribution in [0.2, 0.25) is 5.02 Å². The Labute approximate surface area is 142 Å². The molecule has 3 rings (SSSR count). The van der Waals surface area contributed by atoms with Crippen molar-refractivity contribution in [1.82, 2.24) is 9.78 Å². The van der Waals surface area contributed by atoms with Gasteiger partial charge in [0.2, 0.25) is 0 Å². The maximum absolute atomic E-state index is 13.2. The van der Waals surface area contributed by atoms with Crippen molar-refractivity contribution in [2.24, 2.45) is 0 Å². The van der Waals surface area contributed by atoms with Crippen LogP contribution >= 0.6 is 11.6 Å². The molecule has 0 unspecified atom stereocenters. The lowest BCUT2D eigenvalue weighted by Crippen LogP contribution is -2.03. The van der Waals surface area contributed by atoms with Crippen molar-refractivity contribution in [3.63, 3.8) is 0 Å². The van der Waals surface area contributed by atoms with Crippen molar-refractivity contribution >= 4 is 34.5 Å². The minimum atomic E-state index is -1.04. The van der Waals surface area contributed by atoms with Crippen LogP contribution in [0.25, 0.3) is 17.0 Å². The van der Waals surface area contributed by atoms with Crippen molar-refractivity contribution in [3.8, 4) is 0 Å². The van der Waals surface area contributed by atoms with Crippen molar-refractivity contribution < 1.29 is 14.3 Å². The third-order valence-corrected chi connectivity index (χ3v) is 4.01. The van der Waals surface area contributed by atoms with E-state index in [0.29, 0.717) is 17.3 Å². The number of aryl methyl sites for hydroxylation is 1. The summed E-state index contributed by atoms with van der Waals surface area (Å²) in [6.45, 7) is 2.33. The molecular formula is C18H14ClFN2O2. The largest absolute Gasteiger partial charge is 0.478 e. The number of aliphatic carboxylic acids is 1. The van der Waals surface area contributed by atoms with Crippen molar-refractivity contribution in [2.45, 2.75) is 13.5 Å². The van der Waals surface area contributed by atoms with E-state index in [4.69, 9.17) is 16.7 Å². The second-order valence-electron chi connectivity index (χ2n) is 5.47. The maximum Gasteiger partial charge on any atom is 0.328 e. The molecule has 1 aromatic heterocycles. The number of carboxylic acid groups (broad SMARTS) is 1. The number of carboxylic acids is 1. The number of aromatic nitrogens is 2. The molecule has 0 bridgehead atoms. The first-order valence-corrected chi connectivity index (χ1v) is 7.64. The summed E-state index contributed by atoms with van der Waals surface area (Å²) in [5.41, 5.74) is 3.21. The molecular weight excluding hydrogens is 331 g/mol.